The number of piperazine rings is 2. The largest absolute Gasteiger partial charge is 0.367 e. The van der Waals surface area contributed by atoms with Gasteiger partial charge in [0.05, 0.1) is 27.0 Å². The Morgan fingerprint density at radius 3 is 2.22 bits per heavy atom. The summed E-state index contributed by atoms with van der Waals surface area (Å²) in [5.74, 6) is -0.505. The van der Waals surface area contributed by atoms with E-state index >= 15 is 0 Å². The number of halogens is 3. The maximum atomic E-state index is 13.7. The van der Waals surface area contributed by atoms with Crippen LogP contribution in [0.25, 0.3) is 0 Å². The molecule has 0 bridgehead atoms. The number of likely N-dealkylation sites (N-methyl/N-ethyl adjacent to an activating group) is 2. The predicted molar refractivity (Wildman–Crippen MR) is 168 cm³/mol. The van der Waals surface area contributed by atoms with Gasteiger partial charge in [-0.1, -0.05) is 34.8 Å². The molecule has 13 heteroatoms. The van der Waals surface area contributed by atoms with Crippen LogP contribution in [-0.4, -0.2) is 98.0 Å². The second-order valence-corrected chi connectivity index (χ2v) is 12.5. The number of nitrogens with one attached hydrogen (secondary N) is 2. The Morgan fingerprint density at radius 2 is 1.56 bits per heavy atom. The van der Waals surface area contributed by atoms with Crippen molar-refractivity contribution in [3.05, 3.63) is 66.9 Å². The third-order valence-corrected chi connectivity index (χ3v) is 9.39. The van der Waals surface area contributed by atoms with Crippen molar-refractivity contribution in [3.8, 4) is 0 Å². The molecule has 2 amide bonds. The molecule has 218 valence electrons. The molecule has 0 aliphatic carbocycles. The van der Waals surface area contributed by atoms with Crippen LogP contribution >= 0.6 is 46.1 Å². The maximum Gasteiger partial charge on any atom is 0.267 e. The summed E-state index contributed by atoms with van der Waals surface area (Å²) in [7, 11) is 4.18. The third kappa shape index (κ3) is 7.32. The van der Waals surface area contributed by atoms with Gasteiger partial charge in [0.1, 0.15) is 10.7 Å². The van der Waals surface area contributed by atoms with Crippen molar-refractivity contribution in [1.29, 1.82) is 0 Å². The quantitative estimate of drug-likeness (QED) is 0.373. The summed E-state index contributed by atoms with van der Waals surface area (Å²) >= 11 is 20.6. The zero-order valence-electron chi connectivity index (χ0n) is 22.9. The average molecular weight is 637 g/mol. The van der Waals surface area contributed by atoms with E-state index in [0.29, 0.717) is 56.8 Å². The van der Waals surface area contributed by atoms with Crippen molar-refractivity contribution < 1.29 is 9.59 Å². The molecule has 2 fully saturated rings. The number of amides is 2. The van der Waals surface area contributed by atoms with Gasteiger partial charge in [-0.15, -0.1) is 11.3 Å². The third-order valence-electron chi connectivity index (χ3n) is 7.37. The Labute approximate surface area is 259 Å². The number of anilines is 3. The molecule has 9 nitrogen and oxygen atoms in total. The molecule has 41 heavy (non-hydrogen) atoms. The Hall–Kier alpha value is -2.44. The smallest absolute Gasteiger partial charge is 0.267 e. The minimum atomic E-state index is -0.457. The zero-order valence-corrected chi connectivity index (χ0v) is 26.0. The van der Waals surface area contributed by atoms with Gasteiger partial charge in [-0.25, -0.2) is 4.98 Å². The summed E-state index contributed by atoms with van der Waals surface area (Å²) < 4.78 is 0. The van der Waals surface area contributed by atoms with Crippen LogP contribution in [0, 0.1) is 0 Å². The number of aromatic nitrogens is 1. The van der Waals surface area contributed by atoms with E-state index in [4.69, 9.17) is 34.8 Å². The second kappa shape index (κ2) is 13.2. The lowest BCUT2D eigenvalue weighted by Crippen LogP contribution is -2.45. The molecule has 0 unspecified atom stereocenters. The zero-order chi connectivity index (χ0) is 29.1. The van der Waals surface area contributed by atoms with Crippen molar-refractivity contribution >= 4 is 75.1 Å². The van der Waals surface area contributed by atoms with E-state index in [9.17, 15) is 9.59 Å². The fraction of sp³-hybridized carbons (Fsp3) is 0.393. The van der Waals surface area contributed by atoms with Crippen LogP contribution in [0.2, 0.25) is 15.1 Å². The number of thiophene rings is 1. The summed E-state index contributed by atoms with van der Waals surface area (Å²) in [5.41, 5.74) is 2.20. The van der Waals surface area contributed by atoms with Crippen LogP contribution < -0.4 is 15.5 Å². The fourth-order valence-corrected chi connectivity index (χ4v) is 6.46. The van der Waals surface area contributed by atoms with Gasteiger partial charge in [-0.3, -0.25) is 14.5 Å². The lowest BCUT2D eigenvalue weighted by atomic mass is 10.1. The number of carbonyl (C=O) groups excluding carboxylic acids is 2. The Morgan fingerprint density at radius 1 is 0.878 bits per heavy atom. The van der Waals surface area contributed by atoms with Gasteiger partial charge in [0.15, 0.2) is 0 Å². The summed E-state index contributed by atoms with van der Waals surface area (Å²) in [5, 5.41) is 9.03. The van der Waals surface area contributed by atoms with Crippen molar-refractivity contribution in [2.45, 2.75) is 6.54 Å². The minimum Gasteiger partial charge on any atom is -0.367 e. The molecule has 0 spiro atoms. The molecule has 2 aromatic heterocycles. The van der Waals surface area contributed by atoms with Gasteiger partial charge in [0, 0.05) is 70.1 Å². The summed E-state index contributed by atoms with van der Waals surface area (Å²) in [6.07, 6.45) is 1.45. The first kappa shape index (κ1) is 30.0. The van der Waals surface area contributed by atoms with Crippen LogP contribution in [0.4, 0.5) is 17.2 Å². The lowest BCUT2D eigenvalue weighted by molar-refractivity contribution is 0.102. The number of nitrogens with zero attached hydrogens (tertiary/aromatic N) is 5. The van der Waals surface area contributed by atoms with Crippen molar-refractivity contribution in [2.24, 2.45) is 0 Å². The average Bonchev–Trinajstić information content (AvgIpc) is 3.32. The topological polar surface area (TPSA) is 84.0 Å². The van der Waals surface area contributed by atoms with E-state index in [0.717, 1.165) is 44.8 Å². The van der Waals surface area contributed by atoms with E-state index in [1.54, 1.807) is 24.3 Å². The molecule has 2 N–H and O–H groups in total. The van der Waals surface area contributed by atoms with Gasteiger partial charge < -0.3 is 25.3 Å². The maximum absolute atomic E-state index is 13.7. The Balaban J connectivity index is 1.44. The highest BCUT2D eigenvalue weighted by molar-refractivity contribution is 7.13. The van der Waals surface area contributed by atoms with Crippen molar-refractivity contribution in [1.82, 2.24) is 19.7 Å². The molecule has 5 rings (SSSR count). The standard InChI is InChI=1S/C28H32Cl3N7O2S/c1-35-5-9-37(10-6-35)16-18-17-41-26(24(18)31)28(40)34-25-21(27(39)33-23-4-3-19(29)15-32-23)13-20(30)14-22(25)38-11-7-36(2)8-12-38/h3-4,13-15,17H,5-12,16H2,1-2H3,(H,34,40)(H,32,33,39). The van der Waals surface area contributed by atoms with Crippen LogP contribution in [0.15, 0.2) is 35.8 Å². The highest BCUT2D eigenvalue weighted by Crippen LogP contribution is 2.37. The van der Waals surface area contributed by atoms with Crippen LogP contribution in [-0.2, 0) is 6.54 Å². The molecular formula is C28H32Cl3N7O2S. The fourth-order valence-electron chi connectivity index (χ4n) is 4.89. The predicted octanol–water partition coefficient (Wildman–Crippen LogP) is 5.11. The molecule has 3 aromatic rings. The van der Waals surface area contributed by atoms with Crippen LogP contribution in [0.1, 0.15) is 25.6 Å². The highest BCUT2D eigenvalue weighted by atomic mass is 35.5. The van der Waals surface area contributed by atoms with Gasteiger partial charge in [-0.2, -0.15) is 0 Å². The first-order chi connectivity index (χ1) is 19.7. The monoisotopic (exact) mass is 635 g/mol. The molecule has 2 saturated heterocycles. The number of rotatable bonds is 7. The summed E-state index contributed by atoms with van der Waals surface area (Å²) in [6, 6.07) is 6.59. The SMILES string of the molecule is CN1CCN(Cc2csc(C(=O)Nc3c(C(=O)Nc4ccc(Cl)cn4)cc(Cl)cc3N3CCN(C)CC3)c2Cl)CC1. The number of hydrogen-bond acceptors (Lipinski definition) is 8. The van der Waals surface area contributed by atoms with E-state index in [1.165, 1.54) is 17.5 Å². The van der Waals surface area contributed by atoms with Gasteiger partial charge in [0.25, 0.3) is 11.8 Å². The number of hydrogen-bond donors (Lipinski definition) is 2. The van der Waals surface area contributed by atoms with Crippen LogP contribution in [0.5, 0.6) is 0 Å². The summed E-state index contributed by atoms with van der Waals surface area (Å²) in [6.45, 7) is 7.68. The number of carbonyl (C=O) groups is 2. The van der Waals surface area contributed by atoms with Gasteiger partial charge in [-0.05, 0) is 49.3 Å². The Bertz CT molecular complexity index is 1400. The molecule has 2 aliphatic rings. The molecule has 1 aromatic carbocycles. The lowest BCUT2D eigenvalue weighted by Gasteiger charge is -2.35. The molecule has 4 heterocycles. The van der Waals surface area contributed by atoms with E-state index in [1.807, 2.05) is 5.38 Å². The van der Waals surface area contributed by atoms with E-state index in [2.05, 4.69) is 49.3 Å². The normalized spacial score (nSPS) is 17.0. The first-order valence-corrected chi connectivity index (χ1v) is 15.4. The number of pyridine rings is 1. The molecule has 0 radical (unpaired) electrons. The molecular weight excluding hydrogens is 605 g/mol. The van der Waals surface area contributed by atoms with E-state index in [-0.39, 0.29) is 11.5 Å². The van der Waals surface area contributed by atoms with Crippen molar-refractivity contribution in [3.63, 3.8) is 0 Å². The molecule has 2 aliphatic heterocycles. The Kier molecular flexibility index (Phi) is 9.70. The van der Waals surface area contributed by atoms with Crippen molar-refractivity contribution in [2.75, 3.05) is 82.0 Å². The van der Waals surface area contributed by atoms with Gasteiger partial charge >= 0.3 is 0 Å². The highest BCUT2D eigenvalue weighted by Gasteiger charge is 2.27. The minimum absolute atomic E-state index is 0.224. The molecule has 0 saturated carbocycles. The second-order valence-electron chi connectivity index (χ2n) is 10.4. The van der Waals surface area contributed by atoms with Gasteiger partial charge in [0.2, 0.25) is 0 Å². The summed E-state index contributed by atoms with van der Waals surface area (Å²) in [4.78, 5) is 40.8. The van der Waals surface area contributed by atoms with E-state index < -0.39 is 5.91 Å². The van der Waals surface area contributed by atoms with Crippen LogP contribution in [0.3, 0.4) is 0 Å². The first-order valence-electron chi connectivity index (χ1n) is 13.4. The molecule has 0 atom stereocenters. The number of benzene rings is 1.